The second kappa shape index (κ2) is 7.15. The van der Waals surface area contributed by atoms with Gasteiger partial charge in [0.2, 0.25) is 0 Å². The minimum atomic E-state index is -2.58. The summed E-state index contributed by atoms with van der Waals surface area (Å²) in [5.41, 5.74) is -0.579. The number of nitrogens with zero attached hydrogens (tertiary/aromatic N) is 1. The van der Waals surface area contributed by atoms with E-state index < -0.39 is 27.3 Å². The van der Waals surface area contributed by atoms with Crippen LogP contribution in [0.3, 0.4) is 0 Å². The Morgan fingerprint density at radius 2 is 1.50 bits per heavy atom. The van der Waals surface area contributed by atoms with Crippen molar-refractivity contribution in [3.05, 3.63) is 30.3 Å². The van der Waals surface area contributed by atoms with Gasteiger partial charge in [-0.2, -0.15) is 4.74 Å². The molecule has 136 valence electrons. The third-order valence-corrected chi connectivity index (χ3v) is 9.55. The van der Waals surface area contributed by atoms with Gasteiger partial charge in [0.25, 0.3) is 0 Å². The maximum absolute atomic E-state index is 12.6. The Bertz CT molecular complexity index is 622. The van der Waals surface area contributed by atoms with Crippen molar-refractivity contribution in [3.8, 4) is 0 Å². The molecule has 0 N–H and O–H groups in total. The van der Waals surface area contributed by atoms with Crippen LogP contribution in [0.25, 0.3) is 0 Å². The molecule has 4 nitrogen and oxygen atoms in total. The highest BCUT2D eigenvalue weighted by Gasteiger charge is 2.41. The zero-order valence-electron chi connectivity index (χ0n) is 16.5. The van der Waals surface area contributed by atoms with E-state index in [1.54, 1.807) is 0 Å². The minimum Gasteiger partial charge on any atom is -0.442 e. The third-order valence-electron chi connectivity index (χ3n) is 3.04. The summed E-state index contributed by atoms with van der Waals surface area (Å²) >= 11 is 0. The summed E-state index contributed by atoms with van der Waals surface area (Å²) in [6.07, 6.45) is -0.548. The molecule has 0 spiro atoms. The Morgan fingerprint density at radius 1 is 1.00 bits per heavy atom. The van der Waals surface area contributed by atoms with Gasteiger partial charge in [-0.1, -0.05) is 51.1 Å². The van der Waals surface area contributed by atoms with E-state index >= 15 is 0 Å². The molecule has 1 amide bonds. The van der Waals surface area contributed by atoms with Crippen LogP contribution in [-0.2, 0) is 8.95 Å². The van der Waals surface area contributed by atoms with Gasteiger partial charge in [-0.3, -0.25) is 0 Å². The zero-order valence-corrected chi connectivity index (χ0v) is 18.4. The lowest BCUT2D eigenvalue weighted by Gasteiger charge is -2.40. The Morgan fingerprint density at radius 3 is 1.88 bits per heavy atom. The van der Waals surface area contributed by atoms with E-state index in [1.165, 1.54) is 0 Å². The van der Waals surface area contributed by atoms with Gasteiger partial charge in [0.15, 0.2) is 8.32 Å². The van der Waals surface area contributed by atoms with Gasteiger partial charge in [-0.05, 0) is 40.4 Å². The Balaban J connectivity index is 3.63. The first-order chi connectivity index (χ1) is 10.7. The highest BCUT2D eigenvalue weighted by Crippen LogP contribution is 2.62. The average molecular weight is 370 g/mol. The largest absolute Gasteiger partial charge is 0.442 e. The van der Waals surface area contributed by atoms with E-state index in [4.69, 9.17) is 8.95 Å². The fourth-order valence-electron chi connectivity index (χ4n) is 2.23. The molecule has 0 heterocycles. The monoisotopic (exact) mass is 369 g/mol. The van der Waals surface area contributed by atoms with Gasteiger partial charge in [0.05, 0.1) is 0 Å². The average Bonchev–Trinajstić information content (AvgIpc) is 2.33. The third kappa shape index (κ3) is 5.87. The molecule has 0 aromatic heterocycles. The van der Waals surface area contributed by atoms with Crippen molar-refractivity contribution in [2.24, 2.45) is 4.74 Å². The lowest BCUT2D eigenvalue weighted by molar-refractivity contribution is 0.0605. The molecular formula is C18H32NO3PSi. The summed E-state index contributed by atoms with van der Waals surface area (Å²) in [4.78, 5) is 12.6. The second-order valence-electron chi connectivity index (χ2n) is 8.87. The number of hydrogen-bond acceptors (Lipinski definition) is 3. The van der Waals surface area contributed by atoms with Crippen molar-refractivity contribution < 1.29 is 13.7 Å². The highest BCUT2D eigenvalue weighted by molar-refractivity contribution is 7.72. The molecule has 24 heavy (non-hydrogen) atoms. The lowest BCUT2D eigenvalue weighted by atomic mass is 10.2. The molecule has 0 aliphatic carbocycles. The van der Waals surface area contributed by atoms with Crippen LogP contribution in [0.1, 0.15) is 41.5 Å². The van der Waals surface area contributed by atoms with Crippen molar-refractivity contribution in [2.75, 3.05) is 0 Å². The Kier molecular flexibility index (Phi) is 6.29. The van der Waals surface area contributed by atoms with Crippen LogP contribution >= 0.6 is 7.28 Å². The summed E-state index contributed by atoms with van der Waals surface area (Å²) in [6.45, 7) is 18.2. The van der Waals surface area contributed by atoms with Crippen LogP contribution in [0.5, 0.6) is 0 Å². The van der Waals surface area contributed by atoms with E-state index in [2.05, 4.69) is 45.2 Å². The molecule has 1 aromatic carbocycles. The number of amides is 1. The summed E-state index contributed by atoms with van der Waals surface area (Å²) in [5, 5.41) is 0.664. The molecule has 1 aromatic rings. The molecule has 0 radical (unpaired) electrons. The molecule has 6 heteroatoms. The topological polar surface area (TPSA) is 47.9 Å². The standard InChI is InChI=1S/C18H32NO3PSi/c1-17(2,3)21-16(20)19-23(18(4,5)6,22-24(7,8)9)15-13-11-10-12-14-15/h10-14H,1-9H3. The molecule has 0 bridgehead atoms. The van der Waals surface area contributed by atoms with Gasteiger partial charge < -0.3 is 8.95 Å². The van der Waals surface area contributed by atoms with Crippen molar-refractivity contribution in [3.63, 3.8) is 0 Å². The number of carbonyl (C=O) groups excluding carboxylic acids is 1. The molecule has 1 unspecified atom stereocenters. The summed E-state index contributed by atoms with van der Waals surface area (Å²) in [5.74, 6) is 0. The number of rotatable bonds is 3. The molecule has 0 saturated carbocycles. The first kappa shape index (κ1) is 21.1. The molecule has 1 atom stereocenters. The van der Waals surface area contributed by atoms with E-state index in [9.17, 15) is 4.79 Å². The normalized spacial score (nSPS) is 15.5. The van der Waals surface area contributed by atoms with E-state index in [-0.39, 0.29) is 5.16 Å². The fourth-order valence-corrected chi connectivity index (χ4v) is 9.12. The van der Waals surface area contributed by atoms with E-state index in [1.807, 2.05) is 51.1 Å². The molecular weight excluding hydrogens is 337 g/mol. The van der Waals surface area contributed by atoms with Crippen LogP contribution in [-0.4, -0.2) is 25.2 Å². The molecule has 0 saturated heterocycles. The van der Waals surface area contributed by atoms with Gasteiger partial charge in [-0.15, -0.1) is 0 Å². The summed E-state index contributed by atoms with van der Waals surface area (Å²) in [7, 11) is -4.55. The first-order valence-electron chi connectivity index (χ1n) is 8.28. The molecule has 0 aliphatic heterocycles. The predicted octanol–water partition coefficient (Wildman–Crippen LogP) is 6.01. The second-order valence-corrected chi connectivity index (χ2v) is 17.0. The predicted molar refractivity (Wildman–Crippen MR) is 106 cm³/mol. The van der Waals surface area contributed by atoms with Crippen molar-refractivity contribution >= 4 is 27.0 Å². The molecule has 0 fully saturated rings. The Hall–Kier alpha value is -0.903. The van der Waals surface area contributed by atoms with Crippen LogP contribution in [0.15, 0.2) is 35.1 Å². The minimum absolute atomic E-state index is 0.314. The van der Waals surface area contributed by atoms with Crippen molar-refractivity contribution in [2.45, 2.75) is 71.9 Å². The van der Waals surface area contributed by atoms with Gasteiger partial charge in [0, 0.05) is 10.5 Å². The van der Waals surface area contributed by atoms with Crippen LogP contribution < -0.4 is 5.30 Å². The maximum atomic E-state index is 12.6. The quantitative estimate of drug-likeness (QED) is 0.484. The Labute approximate surface area is 148 Å². The van der Waals surface area contributed by atoms with Gasteiger partial charge in [0.1, 0.15) is 12.9 Å². The smallest absolute Gasteiger partial charge is 0.435 e. The number of carbonyl (C=O) groups is 1. The molecule has 1 rings (SSSR count). The number of hydrogen-bond donors (Lipinski definition) is 0. The fraction of sp³-hybridized carbons (Fsp3) is 0.611. The van der Waals surface area contributed by atoms with Crippen molar-refractivity contribution in [1.29, 1.82) is 0 Å². The van der Waals surface area contributed by atoms with Gasteiger partial charge in [-0.25, -0.2) is 4.79 Å². The van der Waals surface area contributed by atoms with Gasteiger partial charge >= 0.3 is 6.09 Å². The molecule has 0 aliphatic rings. The summed E-state index contributed by atoms with van der Waals surface area (Å²) < 4.78 is 16.7. The lowest BCUT2D eigenvalue weighted by Crippen LogP contribution is -2.34. The first-order valence-corrected chi connectivity index (χ1v) is 13.3. The van der Waals surface area contributed by atoms with Crippen LogP contribution in [0, 0.1) is 0 Å². The van der Waals surface area contributed by atoms with E-state index in [0.717, 1.165) is 5.30 Å². The number of ether oxygens (including phenoxy) is 1. The zero-order chi connectivity index (χ0) is 18.8. The SMILES string of the molecule is CC(C)(C)OC(=O)N=P(O[Si](C)(C)C)(c1ccccc1)C(C)(C)C. The maximum Gasteiger partial charge on any atom is 0.435 e. The number of benzene rings is 1. The highest BCUT2D eigenvalue weighted by atomic mass is 31.2. The van der Waals surface area contributed by atoms with Crippen molar-refractivity contribution in [1.82, 2.24) is 0 Å². The summed E-state index contributed by atoms with van der Waals surface area (Å²) in [6, 6.07) is 9.91. The van der Waals surface area contributed by atoms with Crippen LogP contribution in [0.2, 0.25) is 19.6 Å². The van der Waals surface area contributed by atoms with Crippen LogP contribution in [0.4, 0.5) is 4.79 Å². The van der Waals surface area contributed by atoms with E-state index in [0.29, 0.717) is 0 Å².